The third-order valence-corrected chi connectivity index (χ3v) is 13.6. The highest BCUT2D eigenvalue weighted by Gasteiger charge is 2.32. The SMILES string of the molecule is CC1C=CC(n2c3c(c4ccccc42)C(N(c2cccc(-c4cccc5c4ccc4ccccc45)c2)c2ccccc2-c2cccc4cccc(-c5ccccc5)c24)=CC(C)C3)=CC1. The van der Waals surface area contributed by atoms with Gasteiger partial charge >= 0.3 is 0 Å². The van der Waals surface area contributed by atoms with Crippen molar-refractivity contribution in [3.63, 3.8) is 0 Å². The van der Waals surface area contributed by atoms with Gasteiger partial charge in [0.1, 0.15) is 0 Å². The molecular weight excluding hydrogens is 773 g/mol. The van der Waals surface area contributed by atoms with E-state index in [9.17, 15) is 0 Å². The lowest BCUT2D eigenvalue weighted by atomic mass is 9.88. The molecule has 0 bridgehead atoms. The molecule has 0 radical (unpaired) electrons. The van der Waals surface area contributed by atoms with E-state index in [1.54, 1.807) is 0 Å². The molecule has 2 heteroatoms. The summed E-state index contributed by atoms with van der Waals surface area (Å²) < 4.78 is 2.56. The van der Waals surface area contributed by atoms with Crippen LogP contribution in [0.15, 0.2) is 218 Å². The van der Waals surface area contributed by atoms with Gasteiger partial charge in [-0.25, -0.2) is 0 Å². The monoisotopic (exact) mass is 820 g/mol. The number of fused-ring (bicyclic) bond motifs is 7. The minimum absolute atomic E-state index is 0.295. The zero-order valence-corrected chi connectivity index (χ0v) is 36.2. The second-order valence-electron chi connectivity index (χ2n) is 17.8. The maximum atomic E-state index is 2.59. The summed E-state index contributed by atoms with van der Waals surface area (Å²) in [6.07, 6.45) is 11.7. The second kappa shape index (κ2) is 15.6. The molecule has 0 amide bonds. The summed E-state index contributed by atoms with van der Waals surface area (Å²) in [6.45, 7) is 4.69. The molecule has 0 N–H and O–H groups in total. The van der Waals surface area contributed by atoms with Gasteiger partial charge in [0.15, 0.2) is 0 Å². The van der Waals surface area contributed by atoms with Crippen LogP contribution in [0.2, 0.25) is 0 Å². The van der Waals surface area contributed by atoms with E-state index in [4.69, 9.17) is 0 Å². The molecule has 10 aromatic rings. The van der Waals surface area contributed by atoms with Crippen molar-refractivity contribution < 1.29 is 0 Å². The Balaban J connectivity index is 1.13. The van der Waals surface area contributed by atoms with E-state index in [0.717, 1.165) is 24.2 Å². The van der Waals surface area contributed by atoms with E-state index in [0.29, 0.717) is 11.8 Å². The maximum absolute atomic E-state index is 2.59. The fraction of sp³-hybridized carbons (Fsp3) is 0.0968. The quantitative estimate of drug-likeness (QED) is 0.145. The van der Waals surface area contributed by atoms with E-state index in [1.807, 2.05) is 0 Å². The highest BCUT2D eigenvalue weighted by molar-refractivity contribution is 6.13. The first-order valence-electron chi connectivity index (χ1n) is 22.8. The van der Waals surface area contributed by atoms with Crippen LogP contribution in [-0.2, 0) is 6.42 Å². The van der Waals surface area contributed by atoms with Crippen LogP contribution >= 0.6 is 0 Å². The van der Waals surface area contributed by atoms with Gasteiger partial charge < -0.3 is 9.47 Å². The molecule has 2 atom stereocenters. The van der Waals surface area contributed by atoms with Crippen molar-refractivity contribution in [2.45, 2.75) is 26.7 Å². The predicted molar refractivity (Wildman–Crippen MR) is 274 cm³/mol. The molecular formula is C62H48N2. The Kier molecular flexibility index (Phi) is 9.26. The first kappa shape index (κ1) is 38.0. The van der Waals surface area contributed by atoms with Crippen LogP contribution in [0.4, 0.5) is 11.4 Å². The number of allylic oxidation sites excluding steroid dienone is 5. The first-order chi connectivity index (χ1) is 31.6. The fourth-order valence-corrected chi connectivity index (χ4v) is 10.7. The van der Waals surface area contributed by atoms with E-state index in [-0.39, 0.29) is 0 Å². The minimum Gasteiger partial charge on any atom is -0.313 e. The standard InChI is InChI=1S/C62H48N2/c1-41-32-35-47(36-33-41)63-58-31-11-9-25-56(58)62-59(63)38-42(2)39-60(62)64(48-22-12-21-46(40-48)50-26-15-28-52-49-23-7-6-18-44(49)34-37-53(50)52)57-30-10-8-24-54(57)55-29-14-20-45-19-13-27-51(61(45)55)43-16-4-3-5-17-43/h3-32,34-37,39-42H,33,38H2,1-2H3. The fourth-order valence-electron chi connectivity index (χ4n) is 10.7. The van der Waals surface area contributed by atoms with Crippen molar-refractivity contribution in [3.05, 3.63) is 230 Å². The van der Waals surface area contributed by atoms with Crippen LogP contribution in [0, 0.1) is 11.8 Å². The van der Waals surface area contributed by atoms with Gasteiger partial charge in [-0.1, -0.05) is 202 Å². The molecule has 2 aliphatic carbocycles. The van der Waals surface area contributed by atoms with E-state index >= 15 is 0 Å². The smallest absolute Gasteiger partial charge is 0.0540 e. The van der Waals surface area contributed by atoms with Crippen molar-refractivity contribution >= 4 is 66.0 Å². The largest absolute Gasteiger partial charge is 0.313 e. The van der Waals surface area contributed by atoms with Gasteiger partial charge in [-0.05, 0) is 115 Å². The molecule has 12 rings (SSSR count). The summed E-state index contributed by atoms with van der Waals surface area (Å²) in [4.78, 5) is 2.59. The molecule has 1 heterocycles. The van der Waals surface area contributed by atoms with Crippen LogP contribution in [-0.4, -0.2) is 4.57 Å². The van der Waals surface area contributed by atoms with Crippen LogP contribution in [0.25, 0.3) is 88.0 Å². The van der Waals surface area contributed by atoms with Gasteiger partial charge in [-0.2, -0.15) is 0 Å². The number of para-hydroxylation sites is 2. The van der Waals surface area contributed by atoms with Gasteiger partial charge in [0, 0.05) is 33.6 Å². The summed E-state index contributed by atoms with van der Waals surface area (Å²) >= 11 is 0. The van der Waals surface area contributed by atoms with Gasteiger partial charge in [-0.15, -0.1) is 0 Å². The van der Waals surface area contributed by atoms with E-state index in [1.165, 1.54) is 99.3 Å². The molecule has 64 heavy (non-hydrogen) atoms. The number of rotatable bonds is 7. The third-order valence-electron chi connectivity index (χ3n) is 13.6. The topological polar surface area (TPSA) is 8.17 Å². The van der Waals surface area contributed by atoms with Crippen LogP contribution in [0.3, 0.4) is 0 Å². The van der Waals surface area contributed by atoms with Crippen molar-refractivity contribution in [2.24, 2.45) is 11.8 Å². The number of benzene rings is 9. The molecule has 0 saturated carbocycles. The summed E-state index contributed by atoms with van der Waals surface area (Å²) in [5.74, 6) is 0.830. The molecule has 2 nitrogen and oxygen atoms in total. The molecule has 1 aromatic heterocycles. The number of hydrogen-bond acceptors (Lipinski definition) is 1. The first-order valence-corrected chi connectivity index (χ1v) is 22.8. The summed E-state index contributed by atoms with van der Waals surface area (Å²) in [5, 5.41) is 8.83. The summed E-state index contributed by atoms with van der Waals surface area (Å²) in [6, 6.07) is 71.8. The Morgan fingerprint density at radius 1 is 0.500 bits per heavy atom. The zero-order valence-electron chi connectivity index (χ0n) is 36.2. The average Bonchev–Trinajstić information content (AvgIpc) is 3.68. The number of hydrogen-bond donors (Lipinski definition) is 0. The van der Waals surface area contributed by atoms with Gasteiger partial charge in [0.05, 0.1) is 16.9 Å². The Bertz CT molecular complexity index is 3540. The second-order valence-corrected chi connectivity index (χ2v) is 17.8. The maximum Gasteiger partial charge on any atom is 0.0540 e. The average molecular weight is 821 g/mol. The lowest BCUT2D eigenvalue weighted by Crippen LogP contribution is -2.22. The lowest BCUT2D eigenvalue weighted by Gasteiger charge is -2.34. The summed E-state index contributed by atoms with van der Waals surface area (Å²) in [7, 11) is 0. The number of aromatic nitrogens is 1. The molecule has 0 spiro atoms. The van der Waals surface area contributed by atoms with Gasteiger partial charge in [-0.3, -0.25) is 0 Å². The molecule has 306 valence electrons. The van der Waals surface area contributed by atoms with Gasteiger partial charge in [0.2, 0.25) is 0 Å². The number of nitrogens with zero attached hydrogens (tertiary/aromatic N) is 2. The zero-order chi connectivity index (χ0) is 42.7. The number of anilines is 2. The Morgan fingerprint density at radius 2 is 1.17 bits per heavy atom. The van der Waals surface area contributed by atoms with Crippen molar-refractivity contribution in [1.82, 2.24) is 4.57 Å². The van der Waals surface area contributed by atoms with Crippen LogP contribution < -0.4 is 4.90 Å². The Morgan fingerprint density at radius 3 is 2.03 bits per heavy atom. The van der Waals surface area contributed by atoms with Crippen molar-refractivity contribution in [2.75, 3.05) is 4.90 Å². The van der Waals surface area contributed by atoms with Crippen LogP contribution in [0.1, 0.15) is 31.5 Å². The van der Waals surface area contributed by atoms with Gasteiger partial charge in [0.25, 0.3) is 0 Å². The summed E-state index contributed by atoms with van der Waals surface area (Å²) in [5.41, 5.74) is 16.0. The van der Waals surface area contributed by atoms with E-state index in [2.05, 4.69) is 242 Å². The molecule has 0 aliphatic heterocycles. The minimum atomic E-state index is 0.295. The highest BCUT2D eigenvalue weighted by Crippen LogP contribution is 2.49. The van der Waals surface area contributed by atoms with E-state index < -0.39 is 0 Å². The third kappa shape index (κ3) is 6.32. The molecule has 0 fully saturated rings. The highest BCUT2D eigenvalue weighted by atomic mass is 15.2. The molecule has 2 aliphatic rings. The Labute approximate surface area is 375 Å². The molecule has 2 unspecified atom stereocenters. The van der Waals surface area contributed by atoms with Crippen molar-refractivity contribution in [1.29, 1.82) is 0 Å². The molecule has 0 saturated heterocycles. The Hall–Kier alpha value is -7.68. The van der Waals surface area contributed by atoms with Crippen LogP contribution in [0.5, 0.6) is 0 Å². The normalized spacial score (nSPS) is 16.0. The molecule has 9 aromatic carbocycles. The predicted octanol–water partition coefficient (Wildman–Crippen LogP) is 16.9. The van der Waals surface area contributed by atoms with Crippen molar-refractivity contribution in [3.8, 4) is 33.4 Å². The lowest BCUT2D eigenvalue weighted by molar-refractivity contribution is 0.684.